The summed E-state index contributed by atoms with van der Waals surface area (Å²) in [5.41, 5.74) is 0. The van der Waals surface area contributed by atoms with Crippen molar-refractivity contribution in [3.05, 3.63) is 0 Å². The molecule has 54 valence electrons. The van der Waals surface area contributed by atoms with Crippen molar-refractivity contribution in [3.63, 3.8) is 0 Å². The SMILES string of the molecule is C.CCC(=O)Cl.Cl.Cl. The molecule has 1 nitrogen and oxygen atoms in total. The highest BCUT2D eigenvalue weighted by Crippen LogP contribution is 1.81. The molecule has 0 aliphatic heterocycles. The van der Waals surface area contributed by atoms with E-state index in [1.807, 2.05) is 0 Å². The Morgan fingerprint density at radius 2 is 1.62 bits per heavy atom. The van der Waals surface area contributed by atoms with Crippen LogP contribution in [0.4, 0.5) is 0 Å². The van der Waals surface area contributed by atoms with Crippen LogP contribution in [-0.2, 0) is 4.79 Å². The van der Waals surface area contributed by atoms with E-state index in [-0.39, 0.29) is 37.5 Å². The molecule has 0 N–H and O–H groups in total. The second kappa shape index (κ2) is 15.6. The van der Waals surface area contributed by atoms with Crippen molar-refractivity contribution in [2.75, 3.05) is 0 Å². The molecular formula is C4H11Cl3O. The third-order valence-electron chi connectivity index (χ3n) is 0.278. The van der Waals surface area contributed by atoms with E-state index in [2.05, 4.69) is 0 Å². The molecule has 0 rings (SSSR count). The Hall–Kier alpha value is 0.540. The van der Waals surface area contributed by atoms with E-state index >= 15 is 0 Å². The molecule has 0 bridgehead atoms. The topological polar surface area (TPSA) is 17.1 Å². The van der Waals surface area contributed by atoms with Crippen LogP contribution in [0, 0.1) is 0 Å². The van der Waals surface area contributed by atoms with Gasteiger partial charge >= 0.3 is 0 Å². The lowest BCUT2D eigenvalue weighted by Gasteiger charge is -1.68. The second-order valence-electron chi connectivity index (χ2n) is 0.709. The molecule has 0 amide bonds. The first kappa shape index (κ1) is 23.6. The Morgan fingerprint density at radius 3 is 1.62 bits per heavy atom. The van der Waals surface area contributed by atoms with Crippen molar-refractivity contribution in [3.8, 4) is 0 Å². The third-order valence-corrected chi connectivity index (χ3v) is 0.545. The van der Waals surface area contributed by atoms with Crippen LogP contribution in [0.5, 0.6) is 0 Å². The van der Waals surface area contributed by atoms with Crippen LogP contribution in [-0.4, -0.2) is 5.24 Å². The molecule has 0 aliphatic rings. The van der Waals surface area contributed by atoms with Crippen LogP contribution in [0.2, 0.25) is 0 Å². The highest BCUT2D eigenvalue weighted by molar-refractivity contribution is 6.63. The van der Waals surface area contributed by atoms with Crippen molar-refractivity contribution in [2.24, 2.45) is 0 Å². The van der Waals surface area contributed by atoms with Crippen molar-refractivity contribution in [1.82, 2.24) is 0 Å². The molecule has 0 aromatic rings. The molecule has 0 radical (unpaired) electrons. The molecule has 0 saturated carbocycles. The summed E-state index contributed by atoms with van der Waals surface area (Å²) in [6.45, 7) is 1.72. The number of rotatable bonds is 1. The number of hydrogen-bond acceptors (Lipinski definition) is 1. The van der Waals surface area contributed by atoms with Gasteiger partial charge in [-0.1, -0.05) is 14.4 Å². The summed E-state index contributed by atoms with van der Waals surface area (Å²) in [5, 5.41) is -0.273. The van der Waals surface area contributed by atoms with Gasteiger partial charge in [0.2, 0.25) is 5.24 Å². The lowest BCUT2D eigenvalue weighted by atomic mass is 10.6. The summed E-state index contributed by atoms with van der Waals surface area (Å²) in [4.78, 5) is 9.58. The van der Waals surface area contributed by atoms with E-state index < -0.39 is 0 Å². The Kier molecular flexibility index (Phi) is 46.1. The zero-order valence-electron chi connectivity index (χ0n) is 3.81. The fourth-order valence-corrected chi connectivity index (χ4v) is 0. The van der Waals surface area contributed by atoms with Crippen molar-refractivity contribution in [2.45, 2.75) is 20.8 Å². The number of carbonyl (C=O) groups is 1. The molecular weight excluding hydrogens is 170 g/mol. The van der Waals surface area contributed by atoms with E-state index in [0.717, 1.165) is 0 Å². The Morgan fingerprint density at radius 1 is 1.50 bits per heavy atom. The molecule has 0 saturated heterocycles. The molecule has 0 aromatic heterocycles. The van der Waals surface area contributed by atoms with Gasteiger partial charge in [0.05, 0.1) is 0 Å². The van der Waals surface area contributed by atoms with Gasteiger partial charge in [0.25, 0.3) is 0 Å². The third kappa shape index (κ3) is 31.1. The average Bonchev–Trinajstić information content (AvgIpc) is 1.38. The molecule has 0 spiro atoms. The summed E-state index contributed by atoms with van der Waals surface area (Å²) in [6, 6.07) is 0. The standard InChI is InChI=1S/C3H5ClO.CH4.2ClH/c1-2-3(4)5;;;/h2H2,1H3;1H4;2*1H. The molecule has 0 fully saturated rings. The summed E-state index contributed by atoms with van der Waals surface area (Å²) >= 11 is 4.82. The monoisotopic (exact) mass is 180 g/mol. The van der Waals surface area contributed by atoms with Gasteiger partial charge in [-0.25, -0.2) is 0 Å². The fraction of sp³-hybridized carbons (Fsp3) is 0.750. The van der Waals surface area contributed by atoms with E-state index in [9.17, 15) is 4.79 Å². The van der Waals surface area contributed by atoms with Gasteiger partial charge in [-0.3, -0.25) is 4.79 Å². The lowest BCUT2D eigenvalue weighted by molar-refractivity contribution is -0.111. The number of hydrogen-bond donors (Lipinski definition) is 0. The first-order valence-electron chi connectivity index (χ1n) is 1.45. The largest absolute Gasteiger partial charge is 0.281 e. The Bertz CT molecular complexity index is 46.5. The highest BCUT2D eigenvalue weighted by atomic mass is 35.5. The Balaban J connectivity index is -0.0000000267. The molecule has 0 heterocycles. The quantitative estimate of drug-likeness (QED) is 0.569. The predicted molar refractivity (Wildman–Crippen MR) is 42.4 cm³/mol. The Labute approximate surface area is 67.6 Å². The van der Waals surface area contributed by atoms with Crippen molar-refractivity contribution >= 4 is 41.7 Å². The molecule has 8 heavy (non-hydrogen) atoms. The summed E-state index contributed by atoms with van der Waals surface area (Å²) < 4.78 is 0. The first-order chi connectivity index (χ1) is 2.27. The molecule has 0 atom stereocenters. The highest BCUT2D eigenvalue weighted by Gasteiger charge is 1.81. The predicted octanol–water partition coefficient (Wildman–Crippen LogP) is 2.64. The zero-order chi connectivity index (χ0) is 4.28. The van der Waals surface area contributed by atoms with Gasteiger partial charge in [0.15, 0.2) is 0 Å². The number of halogens is 3. The van der Waals surface area contributed by atoms with Gasteiger partial charge in [-0.15, -0.1) is 24.8 Å². The van der Waals surface area contributed by atoms with Crippen molar-refractivity contribution in [1.29, 1.82) is 0 Å². The first-order valence-corrected chi connectivity index (χ1v) is 1.83. The maximum atomic E-state index is 9.58. The second-order valence-corrected chi connectivity index (χ2v) is 1.13. The van der Waals surface area contributed by atoms with Gasteiger partial charge in [0.1, 0.15) is 0 Å². The van der Waals surface area contributed by atoms with E-state index in [1.54, 1.807) is 6.92 Å². The van der Waals surface area contributed by atoms with Crippen LogP contribution in [0.1, 0.15) is 20.8 Å². The zero-order valence-corrected chi connectivity index (χ0v) is 6.20. The van der Waals surface area contributed by atoms with E-state index in [4.69, 9.17) is 11.6 Å². The van der Waals surface area contributed by atoms with Crippen LogP contribution >= 0.6 is 36.4 Å². The number of carbonyl (C=O) groups excluding carboxylic acids is 1. The molecule has 0 aromatic carbocycles. The van der Waals surface area contributed by atoms with Crippen LogP contribution < -0.4 is 0 Å². The van der Waals surface area contributed by atoms with Gasteiger partial charge in [-0.05, 0) is 11.6 Å². The summed E-state index contributed by atoms with van der Waals surface area (Å²) in [5.74, 6) is 0. The van der Waals surface area contributed by atoms with Crippen LogP contribution in [0.25, 0.3) is 0 Å². The van der Waals surface area contributed by atoms with Crippen molar-refractivity contribution < 1.29 is 4.79 Å². The van der Waals surface area contributed by atoms with Gasteiger partial charge in [0, 0.05) is 6.42 Å². The summed E-state index contributed by atoms with van der Waals surface area (Å²) in [6.07, 6.45) is 0.432. The lowest BCUT2D eigenvalue weighted by Crippen LogP contribution is -1.74. The van der Waals surface area contributed by atoms with Gasteiger partial charge in [-0.2, -0.15) is 0 Å². The minimum atomic E-state index is -0.273. The smallest absolute Gasteiger partial charge is 0.221 e. The average molecular weight is 181 g/mol. The summed E-state index contributed by atoms with van der Waals surface area (Å²) in [7, 11) is 0. The van der Waals surface area contributed by atoms with Gasteiger partial charge < -0.3 is 0 Å². The minimum absolute atomic E-state index is 0. The van der Waals surface area contributed by atoms with Crippen LogP contribution in [0.3, 0.4) is 0 Å². The van der Waals surface area contributed by atoms with Crippen LogP contribution in [0.15, 0.2) is 0 Å². The molecule has 4 heteroatoms. The molecule has 0 unspecified atom stereocenters. The minimum Gasteiger partial charge on any atom is -0.281 e. The maximum absolute atomic E-state index is 9.58. The molecule has 0 aliphatic carbocycles. The van der Waals surface area contributed by atoms with E-state index in [0.29, 0.717) is 6.42 Å². The van der Waals surface area contributed by atoms with E-state index in [1.165, 1.54) is 0 Å². The fourth-order valence-electron chi connectivity index (χ4n) is 0. The maximum Gasteiger partial charge on any atom is 0.221 e. The normalized spacial score (nSPS) is 4.75.